The van der Waals surface area contributed by atoms with E-state index in [0.29, 0.717) is 13.2 Å². The highest BCUT2D eigenvalue weighted by molar-refractivity contribution is 7.89. The standard InChI is InChI=1S/C19H28N2O7S/c1-19(2,3)28-17(22)13-20(4)18(23)15-12-14(6-7-16(15)26-5)29(24,25)21-8-10-27-11-9-21/h6-7,12H,8-11,13H2,1-5H3. The number of sulfonamides is 1. The molecule has 2 rings (SSSR count). The third-order valence-electron chi connectivity index (χ3n) is 4.14. The monoisotopic (exact) mass is 428 g/mol. The lowest BCUT2D eigenvalue weighted by atomic mass is 10.1. The fourth-order valence-corrected chi connectivity index (χ4v) is 4.23. The molecule has 1 aliphatic rings. The van der Waals surface area contributed by atoms with Gasteiger partial charge in [0.1, 0.15) is 17.9 Å². The molecule has 1 saturated heterocycles. The Morgan fingerprint density at radius 3 is 2.38 bits per heavy atom. The van der Waals surface area contributed by atoms with Gasteiger partial charge in [0.05, 0.1) is 30.8 Å². The van der Waals surface area contributed by atoms with Gasteiger partial charge in [-0.2, -0.15) is 4.31 Å². The zero-order chi connectivity index (χ0) is 21.8. The van der Waals surface area contributed by atoms with Crippen molar-refractivity contribution in [1.29, 1.82) is 0 Å². The van der Waals surface area contributed by atoms with Crippen molar-refractivity contribution in [3.05, 3.63) is 23.8 Å². The van der Waals surface area contributed by atoms with Gasteiger partial charge in [-0.1, -0.05) is 0 Å². The van der Waals surface area contributed by atoms with E-state index in [1.54, 1.807) is 20.8 Å². The van der Waals surface area contributed by atoms with Crippen LogP contribution in [0.15, 0.2) is 23.1 Å². The van der Waals surface area contributed by atoms with Crippen LogP contribution < -0.4 is 4.74 Å². The van der Waals surface area contributed by atoms with Gasteiger partial charge >= 0.3 is 5.97 Å². The third kappa shape index (κ3) is 5.91. The Kier molecular flexibility index (Phi) is 7.25. The zero-order valence-corrected chi connectivity index (χ0v) is 18.2. The molecule has 0 saturated carbocycles. The van der Waals surface area contributed by atoms with Gasteiger partial charge in [-0.3, -0.25) is 9.59 Å². The second kappa shape index (κ2) is 9.10. The summed E-state index contributed by atoms with van der Waals surface area (Å²) in [6.45, 7) is 6.05. The molecule has 10 heteroatoms. The molecular formula is C19H28N2O7S. The summed E-state index contributed by atoms with van der Waals surface area (Å²) in [5, 5.41) is 0. The smallest absolute Gasteiger partial charge is 0.326 e. The Hall–Kier alpha value is -2.17. The second-order valence-electron chi connectivity index (χ2n) is 7.63. The van der Waals surface area contributed by atoms with Crippen LogP contribution in [-0.4, -0.2) is 82.1 Å². The number of carbonyl (C=O) groups is 2. The van der Waals surface area contributed by atoms with Gasteiger partial charge in [0.15, 0.2) is 0 Å². The van der Waals surface area contributed by atoms with E-state index in [2.05, 4.69) is 0 Å². The molecule has 9 nitrogen and oxygen atoms in total. The lowest BCUT2D eigenvalue weighted by Crippen LogP contribution is -2.40. The van der Waals surface area contributed by atoms with Crippen molar-refractivity contribution in [2.45, 2.75) is 31.3 Å². The summed E-state index contributed by atoms with van der Waals surface area (Å²) in [7, 11) is -0.956. The van der Waals surface area contributed by atoms with Crippen molar-refractivity contribution < 1.29 is 32.2 Å². The highest BCUT2D eigenvalue weighted by Gasteiger charge is 2.29. The largest absolute Gasteiger partial charge is 0.496 e. The van der Waals surface area contributed by atoms with Crippen LogP contribution in [0.2, 0.25) is 0 Å². The van der Waals surface area contributed by atoms with Gasteiger partial charge in [-0.15, -0.1) is 0 Å². The molecule has 0 aliphatic carbocycles. The van der Waals surface area contributed by atoms with Crippen molar-refractivity contribution >= 4 is 21.9 Å². The fraction of sp³-hybridized carbons (Fsp3) is 0.579. The quantitative estimate of drug-likeness (QED) is 0.626. The minimum atomic E-state index is -3.78. The molecule has 1 aromatic rings. The molecule has 1 heterocycles. The van der Waals surface area contributed by atoms with Crippen LogP contribution in [0, 0.1) is 0 Å². The van der Waals surface area contributed by atoms with Crippen molar-refractivity contribution in [1.82, 2.24) is 9.21 Å². The topological polar surface area (TPSA) is 102 Å². The van der Waals surface area contributed by atoms with E-state index in [-0.39, 0.29) is 35.8 Å². The second-order valence-corrected chi connectivity index (χ2v) is 9.56. The molecule has 0 unspecified atom stereocenters. The number of hydrogen-bond acceptors (Lipinski definition) is 7. The molecule has 1 aliphatic heterocycles. The Balaban J connectivity index is 2.28. The van der Waals surface area contributed by atoms with Gasteiger partial charge in [0.2, 0.25) is 10.0 Å². The Morgan fingerprint density at radius 1 is 1.21 bits per heavy atom. The van der Waals surface area contributed by atoms with Crippen LogP contribution in [0.1, 0.15) is 31.1 Å². The first-order valence-corrected chi connectivity index (χ1v) is 10.6. The van der Waals surface area contributed by atoms with Crippen LogP contribution in [-0.2, 0) is 24.3 Å². The summed E-state index contributed by atoms with van der Waals surface area (Å²) in [4.78, 5) is 26.1. The molecule has 0 radical (unpaired) electrons. The first kappa shape index (κ1) is 23.1. The number of esters is 1. The SMILES string of the molecule is COc1ccc(S(=O)(=O)N2CCOCC2)cc1C(=O)N(C)CC(=O)OC(C)(C)C. The Labute approximate surface area is 171 Å². The first-order chi connectivity index (χ1) is 13.5. The third-order valence-corrected chi connectivity index (χ3v) is 6.04. The fourth-order valence-electron chi connectivity index (χ4n) is 2.80. The lowest BCUT2D eigenvalue weighted by molar-refractivity contribution is -0.155. The average molecular weight is 429 g/mol. The zero-order valence-electron chi connectivity index (χ0n) is 17.4. The molecule has 0 aromatic heterocycles. The summed E-state index contributed by atoms with van der Waals surface area (Å²) in [5.74, 6) is -0.900. The van der Waals surface area contributed by atoms with E-state index in [1.165, 1.54) is 36.7 Å². The molecule has 162 valence electrons. The number of carbonyl (C=O) groups excluding carboxylic acids is 2. The minimum absolute atomic E-state index is 0.0192. The molecule has 1 amide bonds. The predicted molar refractivity (Wildman–Crippen MR) is 105 cm³/mol. The number of methoxy groups -OCH3 is 1. The van der Waals surface area contributed by atoms with E-state index < -0.39 is 27.5 Å². The van der Waals surface area contributed by atoms with Crippen LogP contribution >= 0.6 is 0 Å². The normalized spacial score (nSPS) is 15.6. The number of nitrogens with zero attached hydrogens (tertiary/aromatic N) is 2. The maximum absolute atomic E-state index is 12.9. The van der Waals surface area contributed by atoms with E-state index >= 15 is 0 Å². The van der Waals surface area contributed by atoms with Crippen LogP contribution in [0.5, 0.6) is 5.75 Å². The summed E-state index contributed by atoms with van der Waals surface area (Å²) < 4.78 is 42.8. The minimum Gasteiger partial charge on any atom is -0.496 e. The summed E-state index contributed by atoms with van der Waals surface area (Å²) in [5.41, 5.74) is -0.627. The van der Waals surface area contributed by atoms with Gasteiger partial charge in [0, 0.05) is 20.1 Å². The van der Waals surface area contributed by atoms with E-state index in [4.69, 9.17) is 14.2 Å². The van der Waals surface area contributed by atoms with Crippen molar-refractivity contribution in [2.24, 2.45) is 0 Å². The predicted octanol–water partition coefficient (Wildman–Crippen LogP) is 1.13. The number of morpholine rings is 1. The van der Waals surface area contributed by atoms with Crippen molar-refractivity contribution in [3.8, 4) is 5.75 Å². The van der Waals surface area contributed by atoms with Crippen molar-refractivity contribution in [2.75, 3.05) is 47.0 Å². The Morgan fingerprint density at radius 2 is 1.83 bits per heavy atom. The van der Waals surface area contributed by atoms with Gasteiger partial charge < -0.3 is 19.1 Å². The first-order valence-electron chi connectivity index (χ1n) is 9.19. The van der Waals surface area contributed by atoms with Gasteiger partial charge in [-0.05, 0) is 39.0 Å². The Bertz CT molecular complexity index is 856. The van der Waals surface area contributed by atoms with E-state index in [9.17, 15) is 18.0 Å². The van der Waals surface area contributed by atoms with Gasteiger partial charge in [-0.25, -0.2) is 8.42 Å². The van der Waals surface area contributed by atoms with E-state index in [1.807, 2.05) is 0 Å². The molecule has 0 atom stereocenters. The molecule has 1 fully saturated rings. The maximum Gasteiger partial charge on any atom is 0.326 e. The number of benzene rings is 1. The lowest BCUT2D eigenvalue weighted by Gasteiger charge is -2.26. The number of rotatable bonds is 6. The van der Waals surface area contributed by atoms with Crippen LogP contribution in [0.3, 0.4) is 0 Å². The summed E-state index contributed by atoms with van der Waals surface area (Å²) in [6.07, 6.45) is 0. The molecule has 0 N–H and O–H groups in total. The van der Waals surface area contributed by atoms with Crippen LogP contribution in [0.4, 0.5) is 0 Å². The highest BCUT2D eigenvalue weighted by Crippen LogP contribution is 2.26. The molecule has 0 bridgehead atoms. The number of ether oxygens (including phenoxy) is 3. The average Bonchev–Trinajstić information content (AvgIpc) is 2.65. The van der Waals surface area contributed by atoms with Crippen molar-refractivity contribution in [3.63, 3.8) is 0 Å². The number of hydrogen-bond donors (Lipinski definition) is 0. The maximum atomic E-state index is 12.9. The molecule has 0 spiro atoms. The molecular weight excluding hydrogens is 400 g/mol. The van der Waals surface area contributed by atoms with Gasteiger partial charge in [0.25, 0.3) is 5.91 Å². The number of amides is 1. The van der Waals surface area contributed by atoms with E-state index in [0.717, 1.165) is 4.90 Å². The summed E-state index contributed by atoms with van der Waals surface area (Å²) >= 11 is 0. The van der Waals surface area contributed by atoms with Crippen LogP contribution in [0.25, 0.3) is 0 Å². The highest BCUT2D eigenvalue weighted by atomic mass is 32.2. The molecule has 29 heavy (non-hydrogen) atoms. The summed E-state index contributed by atoms with van der Waals surface area (Å²) in [6, 6.07) is 4.10. The molecule has 1 aromatic carbocycles. The number of likely N-dealkylation sites (N-methyl/N-ethyl adjacent to an activating group) is 1.